The van der Waals surface area contributed by atoms with Gasteiger partial charge in [-0.05, 0) is 25.5 Å². The Morgan fingerprint density at radius 3 is 2.82 bits per heavy atom. The van der Waals surface area contributed by atoms with Gasteiger partial charge in [0.05, 0.1) is 12.2 Å². The molecule has 0 aliphatic heterocycles. The number of hydrogen-bond donors (Lipinski definition) is 1. The topological polar surface area (TPSA) is 97.0 Å². The van der Waals surface area contributed by atoms with Crippen molar-refractivity contribution in [2.45, 2.75) is 13.8 Å². The molecule has 0 aromatic carbocycles. The number of nitriles is 1. The maximum Gasteiger partial charge on any atom is 0.348 e. The molecule has 1 N–H and O–H groups in total. The lowest BCUT2D eigenvalue weighted by Gasteiger charge is -2.03. The monoisotopic (exact) mass is 318 g/mol. The molecule has 8 heteroatoms. The van der Waals surface area contributed by atoms with Gasteiger partial charge in [-0.15, -0.1) is 11.3 Å². The minimum absolute atomic E-state index is 0.245. The van der Waals surface area contributed by atoms with Gasteiger partial charge in [0.15, 0.2) is 0 Å². The molecule has 0 saturated carbocycles. The second kappa shape index (κ2) is 6.41. The van der Waals surface area contributed by atoms with Gasteiger partial charge in [0.25, 0.3) is 5.91 Å². The molecule has 0 atom stereocenters. The second-order valence-corrected chi connectivity index (χ2v) is 5.41. The third kappa shape index (κ3) is 2.84. The summed E-state index contributed by atoms with van der Waals surface area (Å²) in [6, 6.07) is 3.58. The van der Waals surface area contributed by atoms with Crippen molar-refractivity contribution < 1.29 is 14.3 Å². The number of aryl methyl sites for hydroxylation is 1. The van der Waals surface area contributed by atoms with Gasteiger partial charge in [0.1, 0.15) is 21.6 Å². The lowest BCUT2D eigenvalue weighted by atomic mass is 10.2. The van der Waals surface area contributed by atoms with Gasteiger partial charge < -0.3 is 10.1 Å². The van der Waals surface area contributed by atoms with E-state index in [4.69, 9.17) is 4.74 Å². The summed E-state index contributed by atoms with van der Waals surface area (Å²) in [6.45, 7) is 3.60. The van der Waals surface area contributed by atoms with E-state index in [-0.39, 0.29) is 12.2 Å². The molecule has 0 fully saturated rings. The number of nitrogens with zero attached hydrogens (tertiary/aromatic N) is 3. The van der Waals surface area contributed by atoms with Crippen molar-refractivity contribution in [3.05, 3.63) is 34.0 Å². The van der Waals surface area contributed by atoms with Crippen molar-refractivity contribution in [3.63, 3.8) is 0 Å². The maximum atomic E-state index is 12.2. The number of nitrogens with one attached hydrogen (secondary N) is 1. The van der Waals surface area contributed by atoms with Crippen LogP contribution in [0.5, 0.6) is 0 Å². The molecule has 0 saturated heterocycles. The summed E-state index contributed by atoms with van der Waals surface area (Å²) in [4.78, 5) is 24.4. The molecule has 0 spiro atoms. The fourth-order valence-corrected chi connectivity index (χ4v) is 2.94. The molecule has 0 aliphatic carbocycles. The molecule has 2 heterocycles. The van der Waals surface area contributed by atoms with Crippen LogP contribution >= 0.6 is 11.3 Å². The quantitative estimate of drug-likeness (QED) is 0.871. The summed E-state index contributed by atoms with van der Waals surface area (Å²) in [5, 5.41) is 16.2. The first kappa shape index (κ1) is 15.7. The Kier molecular flexibility index (Phi) is 4.58. The Bertz CT molecular complexity index is 770. The van der Waals surface area contributed by atoms with Crippen molar-refractivity contribution in [1.82, 2.24) is 9.78 Å². The van der Waals surface area contributed by atoms with Crippen molar-refractivity contribution >= 4 is 28.2 Å². The van der Waals surface area contributed by atoms with E-state index in [1.54, 1.807) is 27.0 Å². The molecule has 2 aromatic rings. The lowest BCUT2D eigenvalue weighted by Crippen LogP contribution is -2.15. The van der Waals surface area contributed by atoms with Gasteiger partial charge in [0.2, 0.25) is 0 Å². The molecule has 0 radical (unpaired) electrons. The normalized spacial score (nSPS) is 10.1. The summed E-state index contributed by atoms with van der Waals surface area (Å²) in [5.41, 5.74) is 1.13. The average molecular weight is 318 g/mol. The third-order valence-corrected chi connectivity index (χ3v) is 4.19. The predicted molar refractivity (Wildman–Crippen MR) is 80.9 cm³/mol. The number of aromatic nitrogens is 2. The van der Waals surface area contributed by atoms with Crippen LogP contribution in [0.2, 0.25) is 0 Å². The Morgan fingerprint density at radius 2 is 2.27 bits per heavy atom. The van der Waals surface area contributed by atoms with E-state index in [1.807, 2.05) is 6.07 Å². The first-order valence-electron chi connectivity index (χ1n) is 6.49. The van der Waals surface area contributed by atoms with Crippen LogP contribution in [-0.2, 0) is 11.8 Å². The largest absolute Gasteiger partial charge is 0.462 e. The van der Waals surface area contributed by atoms with Gasteiger partial charge in [-0.25, -0.2) is 4.79 Å². The van der Waals surface area contributed by atoms with E-state index >= 15 is 0 Å². The number of esters is 1. The summed E-state index contributed by atoms with van der Waals surface area (Å²) < 4.78 is 6.38. The first-order valence-corrected chi connectivity index (χ1v) is 7.31. The van der Waals surface area contributed by atoms with Gasteiger partial charge in [-0.1, -0.05) is 0 Å². The van der Waals surface area contributed by atoms with E-state index in [2.05, 4.69) is 10.4 Å². The molecule has 0 aliphatic rings. The molecular formula is C14H14N4O3S. The highest BCUT2D eigenvalue weighted by atomic mass is 32.1. The molecule has 0 bridgehead atoms. The Labute approximate surface area is 131 Å². The van der Waals surface area contributed by atoms with Crippen LogP contribution in [0.1, 0.15) is 38.2 Å². The lowest BCUT2D eigenvalue weighted by molar-refractivity contribution is 0.0531. The molecule has 2 rings (SSSR count). The Balaban J connectivity index is 2.34. The highest BCUT2D eigenvalue weighted by molar-refractivity contribution is 7.18. The zero-order chi connectivity index (χ0) is 16.3. The minimum atomic E-state index is -0.498. The second-order valence-electron chi connectivity index (χ2n) is 4.39. The molecule has 2 aromatic heterocycles. The molecule has 0 unspecified atom stereocenters. The van der Waals surface area contributed by atoms with E-state index in [9.17, 15) is 14.9 Å². The zero-order valence-electron chi connectivity index (χ0n) is 12.3. The number of carbonyl (C=O) groups is 2. The smallest absolute Gasteiger partial charge is 0.348 e. The van der Waals surface area contributed by atoms with Crippen LogP contribution < -0.4 is 5.32 Å². The standard InChI is InChI=1S/C14H14N4O3S/c1-4-21-14(20)11-8(2)9(7-15)13(22-11)17-12(19)10-5-6-16-18(10)3/h5-6H,4H2,1-3H3,(H,17,19). The summed E-state index contributed by atoms with van der Waals surface area (Å²) in [6.07, 6.45) is 1.50. The van der Waals surface area contributed by atoms with Crippen LogP contribution in [0.15, 0.2) is 12.3 Å². The van der Waals surface area contributed by atoms with Crippen LogP contribution in [0.25, 0.3) is 0 Å². The highest BCUT2D eigenvalue weighted by Gasteiger charge is 2.23. The number of amides is 1. The number of carbonyl (C=O) groups excluding carboxylic acids is 2. The van der Waals surface area contributed by atoms with E-state index in [0.29, 0.717) is 21.1 Å². The molecular weight excluding hydrogens is 304 g/mol. The predicted octanol–water partition coefficient (Wildman–Crippen LogP) is 2.09. The van der Waals surface area contributed by atoms with Crippen molar-refractivity contribution in [2.75, 3.05) is 11.9 Å². The van der Waals surface area contributed by atoms with Crippen molar-refractivity contribution in [2.24, 2.45) is 7.05 Å². The maximum absolute atomic E-state index is 12.2. The van der Waals surface area contributed by atoms with Crippen molar-refractivity contribution in [3.8, 4) is 6.07 Å². The SMILES string of the molecule is CCOC(=O)c1sc(NC(=O)c2ccnn2C)c(C#N)c1C. The first-order chi connectivity index (χ1) is 10.5. The average Bonchev–Trinajstić information content (AvgIpc) is 3.03. The summed E-state index contributed by atoms with van der Waals surface area (Å²) >= 11 is 1.03. The fourth-order valence-electron chi connectivity index (χ4n) is 1.89. The van der Waals surface area contributed by atoms with Gasteiger partial charge in [0, 0.05) is 13.2 Å². The van der Waals surface area contributed by atoms with Gasteiger partial charge in [-0.3, -0.25) is 9.48 Å². The molecule has 1 amide bonds. The number of ether oxygens (including phenoxy) is 1. The van der Waals surface area contributed by atoms with E-state index in [1.165, 1.54) is 10.9 Å². The number of rotatable bonds is 4. The fraction of sp³-hybridized carbons (Fsp3) is 0.286. The van der Waals surface area contributed by atoms with Crippen LogP contribution in [0, 0.1) is 18.3 Å². The Hall–Kier alpha value is -2.66. The summed E-state index contributed by atoms with van der Waals surface area (Å²) in [7, 11) is 1.64. The Morgan fingerprint density at radius 1 is 1.55 bits per heavy atom. The van der Waals surface area contributed by atoms with Gasteiger partial charge in [-0.2, -0.15) is 10.4 Å². The molecule has 22 heavy (non-hydrogen) atoms. The van der Waals surface area contributed by atoms with Gasteiger partial charge >= 0.3 is 5.97 Å². The third-order valence-electron chi connectivity index (χ3n) is 3.00. The number of thiophene rings is 1. The van der Waals surface area contributed by atoms with E-state index in [0.717, 1.165) is 11.3 Å². The minimum Gasteiger partial charge on any atom is -0.462 e. The number of anilines is 1. The molecule has 7 nitrogen and oxygen atoms in total. The van der Waals surface area contributed by atoms with Crippen molar-refractivity contribution in [1.29, 1.82) is 5.26 Å². The van der Waals surface area contributed by atoms with Crippen LogP contribution in [-0.4, -0.2) is 28.3 Å². The zero-order valence-corrected chi connectivity index (χ0v) is 13.2. The number of hydrogen-bond acceptors (Lipinski definition) is 6. The van der Waals surface area contributed by atoms with Crippen LogP contribution in [0.4, 0.5) is 5.00 Å². The van der Waals surface area contributed by atoms with Crippen LogP contribution in [0.3, 0.4) is 0 Å². The highest BCUT2D eigenvalue weighted by Crippen LogP contribution is 2.33. The molecule has 114 valence electrons. The van der Waals surface area contributed by atoms with E-state index < -0.39 is 11.9 Å². The summed E-state index contributed by atoms with van der Waals surface area (Å²) in [5.74, 6) is -0.893.